The molecule has 0 spiro atoms. The number of hydrogen-bond acceptors (Lipinski definition) is 10. The van der Waals surface area contributed by atoms with Crippen molar-refractivity contribution in [2.45, 2.75) is 80.7 Å². The lowest BCUT2D eigenvalue weighted by Crippen LogP contribution is -2.25. The number of nitrogens with zero attached hydrogens (tertiary/aromatic N) is 8. The number of rotatable bonds is 24. The summed E-state index contributed by atoms with van der Waals surface area (Å²) >= 11 is 0. The van der Waals surface area contributed by atoms with Crippen LogP contribution in [-0.4, -0.2) is 69.9 Å². The molecular weight excluding hydrogens is 881 g/mol. The van der Waals surface area contributed by atoms with Gasteiger partial charge in [0.1, 0.15) is 11.4 Å². The largest absolute Gasteiger partial charge is 0.264 e. The van der Waals surface area contributed by atoms with Crippen molar-refractivity contribution in [1.29, 1.82) is 0 Å². The van der Waals surface area contributed by atoms with Gasteiger partial charge in [-0.15, -0.1) is 10.2 Å². The topological polar surface area (TPSA) is 180 Å². The highest BCUT2D eigenvalue weighted by Gasteiger charge is 2.22. The van der Waals surface area contributed by atoms with Crippen molar-refractivity contribution in [2.24, 2.45) is 0 Å². The second kappa shape index (κ2) is 22.7. The zero-order valence-corrected chi connectivity index (χ0v) is 38.9. The zero-order chi connectivity index (χ0) is 46.3. The SMILES string of the molecule is O=S(=O)(NCCCCCCCn1cc(-c2cccnc2)nn1)c1ccccc1-c1ccc(-c2ccc(-c3ccccc3)c(S(=O)(=O)NCCCCCCn3cc(-c4cccnc4)nn3)c2)cc1. The molecule has 67 heavy (non-hydrogen) atoms. The van der Waals surface area contributed by atoms with E-state index >= 15 is 0 Å². The Morgan fingerprint density at radius 1 is 0.418 bits per heavy atom. The molecule has 14 nitrogen and oxygen atoms in total. The minimum Gasteiger partial charge on any atom is -0.264 e. The van der Waals surface area contributed by atoms with Crippen LogP contribution in [0.4, 0.5) is 0 Å². The Kier molecular flexibility index (Phi) is 15.8. The summed E-state index contributed by atoms with van der Waals surface area (Å²) in [5.41, 5.74) is 7.68. The van der Waals surface area contributed by atoms with Gasteiger partial charge >= 0.3 is 0 Å². The summed E-state index contributed by atoms with van der Waals surface area (Å²) in [7, 11) is -7.69. The average Bonchev–Trinajstić information content (AvgIpc) is 4.06. The van der Waals surface area contributed by atoms with Gasteiger partial charge in [-0.3, -0.25) is 19.3 Å². The Morgan fingerprint density at radius 2 is 0.881 bits per heavy atom. The van der Waals surface area contributed by atoms with E-state index in [0.29, 0.717) is 30.6 Å². The van der Waals surface area contributed by atoms with Crippen LogP contribution in [0.15, 0.2) is 168 Å². The summed E-state index contributed by atoms with van der Waals surface area (Å²) in [6.07, 6.45) is 18.8. The van der Waals surface area contributed by atoms with Crippen LogP contribution in [0, 0.1) is 0 Å². The Bertz CT molecular complexity index is 3040. The lowest BCUT2D eigenvalue weighted by Gasteiger charge is -2.15. The fraction of sp³-hybridized carbons (Fsp3) is 0.255. The van der Waals surface area contributed by atoms with Gasteiger partial charge in [0.15, 0.2) is 0 Å². The lowest BCUT2D eigenvalue weighted by atomic mass is 9.98. The summed E-state index contributed by atoms with van der Waals surface area (Å²) < 4.78 is 64.6. The molecule has 2 N–H and O–H groups in total. The van der Waals surface area contributed by atoms with Gasteiger partial charge in [-0.05, 0) is 84.3 Å². The fourth-order valence-corrected chi connectivity index (χ4v) is 10.5. The predicted octanol–water partition coefficient (Wildman–Crippen LogP) is 9.46. The molecule has 0 fully saturated rings. The molecule has 0 aliphatic carbocycles. The molecule has 0 radical (unpaired) electrons. The number of sulfonamides is 2. The number of pyridine rings is 2. The van der Waals surface area contributed by atoms with E-state index in [-0.39, 0.29) is 9.79 Å². The second-order valence-corrected chi connectivity index (χ2v) is 19.8. The first kappa shape index (κ1) is 46.8. The molecule has 0 aliphatic rings. The number of benzene rings is 4. The summed E-state index contributed by atoms with van der Waals surface area (Å²) in [5, 5.41) is 17.0. The normalized spacial score (nSPS) is 11.8. The van der Waals surface area contributed by atoms with Crippen LogP contribution in [0.1, 0.15) is 57.8 Å². The van der Waals surface area contributed by atoms with E-state index in [1.54, 1.807) is 49.1 Å². The van der Waals surface area contributed by atoms with Gasteiger partial charge in [0, 0.05) is 73.2 Å². The first-order valence-corrected chi connectivity index (χ1v) is 25.7. The molecule has 0 saturated carbocycles. The Morgan fingerprint density at radius 3 is 1.46 bits per heavy atom. The number of nitrogens with one attached hydrogen (secondary N) is 2. The maximum absolute atomic E-state index is 14.0. The molecular formula is C51H54N10O4S2. The second-order valence-electron chi connectivity index (χ2n) is 16.3. The Hall–Kier alpha value is -6.72. The zero-order valence-electron chi connectivity index (χ0n) is 37.2. The van der Waals surface area contributed by atoms with Crippen LogP contribution in [0.5, 0.6) is 0 Å². The van der Waals surface area contributed by atoms with Crippen LogP contribution in [0.2, 0.25) is 0 Å². The molecule has 344 valence electrons. The average molecular weight is 935 g/mol. The van der Waals surface area contributed by atoms with Gasteiger partial charge in [0.05, 0.1) is 22.2 Å². The number of aryl methyl sites for hydroxylation is 2. The van der Waals surface area contributed by atoms with Crippen LogP contribution in [0.25, 0.3) is 55.9 Å². The molecule has 16 heteroatoms. The van der Waals surface area contributed by atoms with Gasteiger partial charge < -0.3 is 0 Å². The molecule has 4 heterocycles. The maximum Gasteiger partial charge on any atom is 0.241 e. The highest BCUT2D eigenvalue weighted by atomic mass is 32.2. The molecule has 0 unspecified atom stereocenters. The van der Waals surface area contributed by atoms with E-state index < -0.39 is 20.0 Å². The quantitative estimate of drug-likeness (QED) is 0.0555. The monoisotopic (exact) mass is 934 g/mol. The number of hydrogen-bond donors (Lipinski definition) is 2. The van der Waals surface area contributed by atoms with Crippen LogP contribution in [0.3, 0.4) is 0 Å². The minimum atomic E-state index is -3.89. The summed E-state index contributed by atoms with van der Waals surface area (Å²) in [6.45, 7) is 2.14. The van der Waals surface area contributed by atoms with Crippen LogP contribution < -0.4 is 9.44 Å². The Labute approximate surface area is 392 Å². The maximum atomic E-state index is 14.0. The van der Waals surface area contributed by atoms with E-state index in [9.17, 15) is 16.8 Å². The van der Waals surface area contributed by atoms with E-state index in [1.165, 1.54) is 0 Å². The Balaban J connectivity index is 0.839. The highest BCUT2D eigenvalue weighted by Crippen LogP contribution is 2.34. The smallest absolute Gasteiger partial charge is 0.241 e. The molecule has 0 amide bonds. The van der Waals surface area contributed by atoms with E-state index in [1.807, 2.05) is 119 Å². The van der Waals surface area contributed by atoms with Gasteiger partial charge in [-0.25, -0.2) is 26.3 Å². The standard InChI is InChI=1S/C51H54N10O4S2/c62-66(63,54-31-11-2-1-4-13-33-60-38-48(56-58-60)44-19-15-29-52-36-44)50-22-10-9-21-46(50)42-25-23-40(24-26-42)43-27-28-47(41-17-7-6-8-18-41)51(35-43)67(64,65)55-32-12-3-5-14-34-61-39-49(57-59-61)45-20-16-30-53-37-45/h6-10,15-30,35-39,54-55H,1-5,11-14,31-34H2. The van der Waals surface area contributed by atoms with Gasteiger partial charge in [-0.2, -0.15) is 0 Å². The molecule has 0 atom stereocenters. The highest BCUT2D eigenvalue weighted by molar-refractivity contribution is 7.90. The molecule has 0 bridgehead atoms. The summed E-state index contributed by atoms with van der Waals surface area (Å²) in [5.74, 6) is 0. The van der Waals surface area contributed by atoms with Crippen molar-refractivity contribution >= 4 is 20.0 Å². The predicted molar refractivity (Wildman–Crippen MR) is 261 cm³/mol. The molecule has 4 aromatic heterocycles. The van der Waals surface area contributed by atoms with Gasteiger partial charge in [-0.1, -0.05) is 127 Å². The van der Waals surface area contributed by atoms with Gasteiger partial charge in [0.2, 0.25) is 20.0 Å². The van der Waals surface area contributed by atoms with E-state index in [0.717, 1.165) is 109 Å². The lowest BCUT2D eigenvalue weighted by molar-refractivity contribution is 0.515. The van der Waals surface area contributed by atoms with Crippen LogP contribution >= 0.6 is 0 Å². The first-order valence-electron chi connectivity index (χ1n) is 22.7. The number of unbranched alkanes of at least 4 members (excludes halogenated alkanes) is 7. The third kappa shape index (κ3) is 12.6. The van der Waals surface area contributed by atoms with Crippen molar-refractivity contribution in [3.63, 3.8) is 0 Å². The summed E-state index contributed by atoms with van der Waals surface area (Å²) in [4.78, 5) is 8.69. The van der Waals surface area contributed by atoms with Crippen molar-refractivity contribution < 1.29 is 16.8 Å². The van der Waals surface area contributed by atoms with Crippen molar-refractivity contribution in [1.82, 2.24) is 49.4 Å². The molecule has 4 aromatic carbocycles. The number of aromatic nitrogens is 8. The molecule has 0 aliphatic heterocycles. The van der Waals surface area contributed by atoms with E-state index in [4.69, 9.17) is 0 Å². The molecule has 8 rings (SSSR count). The summed E-state index contributed by atoms with van der Waals surface area (Å²) in [6, 6.07) is 37.2. The molecule has 8 aromatic rings. The van der Waals surface area contributed by atoms with Gasteiger partial charge in [0.25, 0.3) is 0 Å². The third-order valence-electron chi connectivity index (χ3n) is 11.5. The van der Waals surface area contributed by atoms with E-state index in [2.05, 4.69) is 40.0 Å². The fourth-order valence-electron chi connectivity index (χ4n) is 7.92. The third-order valence-corrected chi connectivity index (χ3v) is 14.5. The first-order chi connectivity index (χ1) is 32.7. The van der Waals surface area contributed by atoms with Crippen LogP contribution in [-0.2, 0) is 33.1 Å². The van der Waals surface area contributed by atoms with Crippen molar-refractivity contribution in [3.05, 3.63) is 159 Å². The van der Waals surface area contributed by atoms with Crippen molar-refractivity contribution in [3.8, 4) is 55.9 Å². The van der Waals surface area contributed by atoms with Crippen molar-refractivity contribution in [2.75, 3.05) is 13.1 Å². The minimum absolute atomic E-state index is 0.195. The molecule has 0 saturated heterocycles.